The van der Waals surface area contributed by atoms with Gasteiger partial charge in [-0.3, -0.25) is 4.79 Å². The lowest BCUT2D eigenvalue weighted by atomic mass is 9.96. The van der Waals surface area contributed by atoms with Crippen LogP contribution >= 0.6 is 0 Å². The van der Waals surface area contributed by atoms with E-state index in [-0.39, 0.29) is 41.4 Å². The summed E-state index contributed by atoms with van der Waals surface area (Å²) in [5.74, 6) is 0.725. The van der Waals surface area contributed by atoms with Crippen molar-refractivity contribution in [3.8, 4) is 17.7 Å². The van der Waals surface area contributed by atoms with Gasteiger partial charge in [-0.15, -0.1) is 0 Å². The minimum Gasteiger partial charge on any atom is -0.459 e. The highest BCUT2D eigenvalue weighted by atomic mass is 32.2. The molecule has 2 aromatic heterocycles. The summed E-state index contributed by atoms with van der Waals surface area (Å²) in [5.41, 5.74) is 1.71. The van der Waals surface area contributed by atoms with E-state index in [0.29, 0.717) is 43.1 Å². The topological polar surface area (TPSA) is 141 Å². The second-order valence-corrected chi connectivity index (χ2v) is 10.2. The van der Waals surface area contributed by atoms with E-state index in [4.69, 9.17) is 8.83 Å². The van der Waals surface area contributed by atoms with Crippen LogP contribution < -0.4 is 14.9 Å². The van der Waals surface area contributed by atoms with Crippen molar-refractivity contribution in [3.05, 3.63) is 53.4 Å². The van der Waals surface area contributed by atoms with Crippen LogP contribution in [0.4, 0.5) is 5.88 Å². The van der Waals surface area contributed by atoms with Crippen molar-refractivity contribution in [3.63, 3.8) is 0 Å². The van der Waals surface area contributed by atoms with Gasteiger partial charge in [0.25, 0.3) is 5.89 Å². The normalized spacial score (nSPS) is 14.6. The number of hydrogen-bond donors (Lipinski definition) is 2. The Hall–Kier alpha value is -3.62. The van der Waals surface area contributed by atoms with Gasteiger partial charge in [-0.2, -0.15) is 10.2 Å². The lowest BCUT2D eigenvalue weighted by molar-refractivity contribution is -0.125. The number of nitrogens with one attached hydrogen (secondary N) is 2. The first-order valence-corrected chi connectivity index (χ1v) is 12.8. The number of aryl methyl sites for hydroxylation is 2. The summed E-state index contributed by atoms with van der Waals surface area (Å²) >= 11 is 0. The highest BCUT2D eigenvalue weighted by Crippen LogP contribution is 2.31. The van der Waals surface area contributed by atoms with Crippen LogP contribution in [0.3, 0.4) is 0 Å². The summed E-state index contributed by atoms with van der Waals surface area (Å²) in [7, 11) is -3.65. The largest absolute Gasteiger partial charge is 0.459 e. The van der Waals surface area contributed by atoms with Crippen molar-refractivity contribution >= 4 is 21.8 Å². The monoisotopic (exact) mass is 497 g/mol. The van der Waals surface area contributed by atoms with Gasteiger partial charge in [-0.05, 0) is 56.0 Å². The van der Waals surface area contributed by atoms with Gasteiger partial charge < -0.3 is 19.1 Å². The van der Waals surface area contributed by atoms with E-state index in [1.165, 1.54) is 6.26 Å². The number of benzene rings is 1. The number of nitrogens with zero attached hydrogens (tertiary/aromatic N) is 3. The third kappa shape index (κ3) is 5.55. The molecule has 0 spiro atoms. The van der Waals surface area contributed by atoms with Gasteiger partial charge >= 0.3 is 0 Å². The minimum atomic E-state index is -3.65. The van der Waals surface area contributed by atoms with E-state index < -0.39 is 10.0 Å². The Balaban J connectivity index is 1.26. The van der Waals surface area contributed by atoms with Crippen LogP contribution in [-0.4, -0.2) is 45.5 Å². The molecule has 1 aliphatic rings. The summed E-state index contributed by atoms with van der Waals surface area (Å²) in [4.78, 5) is 19.0. The molecule has 0 saturated carbocycles. The van der Waals surface area contributed by atoms with E-state index >= 15 is 0 Å². The van der Waals surface area contributed by atoms with E-state index in [1.807, 2.05) is 17.9 Å². The zero-order chi connectivity index (χ0) is 25.0. The maximum Gasteiger partial charge on any atom is 0.266 e. The summed E-state index contributed by atoms with van der Waals surface area (Å²) in [6.07, 6.45) is 2.65. The number of furan rings is 1. The summed E-state index contributed by atoms with van der Waals surface area (Å²) in [6, 6.07) is 10.7. The van der Waals surface area contributed by atoms with Crippen molar-refractivity contribution in [2.24, 2.45) is 5.92 Å². The van der Waals surface area contributed by atoms with Crippen LogP contribution in [0.15, 0.2) is 50.3 Å². The second-order valence-electron chi connectivity index (χ2n) is 8.48. The van der Waals surface area contributed by atoms with E-state index in [2.05, 4.69) is 21.1 Å². The molecule has 3 aromatic rings. The number of carbonyl (C=O) groups is 1. The van der Waals surface area contributed by atoms with E-state index in [0.717, 1.165) is 5.56 Å². The lowest BCUT2D eigenvalue weighted by Gasteiger charge is -2.30. The van der Waals surface area contributed by atoms with Gasteiger partial charge in [0.1, 0.15) is 6.07 Å². The highest BCUT2D eigenvalue weighted by Gasteiger charge is 2.29. The van der Waals surface area contributed by atoms with Gasteiger partial charge in [-0.1, -0.05) is 12.1 Å². The number of hydrogen-bond acceptors (Lipinski definition) is 8. The number of sulfonamides is 1. The summed E-state index contributed by atoms with van der Waals surface area (Å²) in [5, 5.41) is 12.3. The van der Waals surface area contributed by atoms with Crippen LogP contribution in [0.5, 0.6) is 0 Å². The number of anilines is 1. The third-order valence-electron chi connectivity index (χ3n) is 5.95. The first-order valence-electron chi connectivity index (χ1n) is 11.3. The van der Waals surface area contributed by atoms with Crippen LogP contribution in [-0.2, 0) is 14.8 Å². The van der Waals surface area contributed by atoms with Crippen LogP contribution in [0, 0.1) is 31.1 Å². The van der Waals surface area contributed by atoms with E-state index in [9.17, 15) is 18.5 Å². The Labute approximate surface area is 204 Å². The molecule has 2 N–H and O–H groups in total. The molecule has 1 saturated heterocycles. The molecule has 0 unspecified atom stereocenters. The number of nitriles is 1. The number of oxazole rings is 1. The van der Waals surface area contributed by atoms with E-state index in [1.54, 1.807) is 31.2 Å². The Morgan fingerprint density at radius 1 is 1.23 bits per heavy atom. The number of piperidine rings is 1. The molecule has 3 heterocycles. The van der Waals surface area contributed by atoms with Crippen LogP contribution in [0.1, 0.15) is 29.7 Å². The number of amides is 1. The molecule has 184 valence electrons. The zero-order valence-corrected chi connectivity index (χ0v) is 20.4. The average molecular weight is 498 g/mol. The van der Waals surface area contributed by atoms with Crippen molar-refractivity contribution in [1.29, 1.82) is 5.26 Å². The minimum absolute atomic E-state index is 0.0967. The molecule has 0 aliphatic carbocycles. The Kier molecular flexibility index (Phi) is 7.23. The van der Waals surface area contributed by atoms with Gasteiger partial charge in [-0.25, -0.2) is 13.1 Å². The molecule has 0 atom stereocenters. The quantitative estimate of drug-likeness (QED) is 0.453. The summed E-state index contributed by atoms with van der Waals surface area (Å²) < 4.78 is 38.8. The number of rotatable bonds is 8. The van der Waals surface area contributed by atoms with Gasteiger partial charge in [0.05, 0.1) is 11.2 Å². The SMILES string of the molecule is Cc1ccc(C)c(S(=O)(=O)NCCNC(=O)C2CCN(c3oc(-c4ccco4)nc3C#N)CC2)c1. The molecule has 0 radical (unpaired) electrons. The molecule has 1 amide bonds. The van der Waals surface area contributed by atoms with Crippen molar-refractivity contribution < 1.29 is 22.0 Å². The van der Waals surface area contributed by atoms with Crippen molar-refractivity contribution in [1.82, 2.24) is 15.0 Å². The van der Waals surface area contributed by atoms with Crippen molar-refractivity contribution in [2.75, 3.05) is 31.1 Å². The molecule has 10 nitrogen and oxygen atoms in total. The molecule has 1 aliphatic heterocycles. The van der Waals surface area contributed by atoms with Crippen molar-refractivity contribution in [2.45, 2.75) is 31.6 Å². The number of aromatic nitrogens is 1. The fourth-order valence-corrected chi connectivity index (χ4v) is 5.40. The predicted octanol–water partition coefficient (Wildman–Crippen LogP) is 2.73. The van der Waals surface area contributed by atoms with Gasteiger partial charge in [0, 0.05) is 32.1 Å². The lowest BCUT2D eigenvalue weighted by Crippen LogP contribution is -2.42. The fraction of sp³-hybridized carbons (Fsp3) is 0.375. The van der Waals surface area contributed by atoms with Crippen LogP contribution in [0.25, 0.3) is 11.7 Å². The molecular formula is C24H27N5O5S. The second kappa shape index (κ2) is 10.3. The zero-order valence-electron chi connectivity index (χ0n) is 19.6. The smallest absolute Gasteiger partial charge is 0.266 e. The third-order valence-corrected chi connectivity index (χ3v) is 7.55. The first kappa shape index (κ1) is 24.5. The first-order chi connectivity index (χ1) is 16.8. The molecular weight excluding hydrogens is 470 g/mol. The summed E-state index contributed by atoms with van der Waals surface area (Å²) in [6.45, 7) is 4.93. The average Bonchev–Trinajstić information content (AvgIpc) is 3.53. The number of carbonyl (C=O) groups excluding carboxylic acids is 1. The maximum atomic E-state index is 12.6. The fourth-order valence-electron chi connectivity index (χ4n) is 4.04. The standard InChI is InChI=1S/C24H27N5O5S/c1-16-5-6-17(2)21(14-16)35(31,32)27-10-9-26-22(30)18-7-11-29(12-8-18)24-19(15-25)28-23(34-24)20-4-3-13-33-20/h3-6,13-14,18,27H,7-12H2,1-2H3,(H,26,30). The molecule has 1 fully saturated rings. The van der Waals surface area contributed by atoms with Gasteiger partial charge in [0.15, 0.2) is 5.76 Å². The Morgan fingerprint density at radius 2 is 2.00 bits per heavy atom. The maximum absolute atomic E-state index is 12.6. The predicted molar refractivity (Wildman–Crippen MR) is 128 cm³/mol. The van der Waals surface area contributed by atoms with Gasteiger partial charge in [0.2, 0.25) is 27.5 Å². The Morgan fingerprint density at radius 3 is 2.69 bits per heavy atom. The molecule has 4 rings (SSSR count). The Bertz CT molecular complexity index is 1330. The molecule has 35 heavy (non-hydrogen) atoms. The molecule has 1 aromatic carbocycles. The highest BCUT2D eigenvalue weighted by molar-refractivity contribution is 7.89. The molecule has 0 bridgehead atoms. The van der Waals surface area contributed by atoms with Crippen LogP contribution in [0.2, 0.25) is 0 Å². The molecule has 11 heteroatoms.